The van der Waals surface area contributed by atoms with Crippen LogP contribution in [0.4, 0.5) is 5.69 Å². The van der Waals surface area contributed by atoms with Gasteiger partial charge in [0.25, 0.3) is 0 Å². The monoisotopic (exact) mass is 429 g/mol. The Kier molecular flexibility index (Phi) is 3.95. The fraction of sp³-hybridized carbons (Fsp3) is 0.200. The molecule has 0 aliphatic carbocycles. The van der Waals surface area contributed by atoms with Crippen LogP contribution in [0.2, 0.25) is 0 Å². The maximum absolute atomic E-state index is 14.1. The Morgan fingerprint density at radius 1 is 0.969 bits per heavy atom. The molecule has 1 unspecified atom stereocenters. The van der Waals surface area contributed by atoms with Crippen molar-refractivity contribution in [2.75, 3.05) is 25.4 Å². The van der Waals surface area contributed by atoms with E-state index in [0.717, 1.165) is 16.8 Å². The molecule has 3 aromatic rings. The van der Waals surface area contributed by atoms with Crippen LogP contribution in [-0.2, 0) is 21.5 Å². The highest BCUT2D eigenvalue weighted by Gasteiger charge is 2.57. The summed E-state index contributed by atoms with van der Waals surface area (Å²) in [5.74, 6) is 1.31. The average molecular weight is 429 g/mol. The molecule has 0 aromatic heterocycles. The van der Waals surface area contributed by atoms with Gasteiger partial charge in [0.15, 0.2) is 11.5 Å². The lowest BCUT2D eigenvalue weighted by atomic mass is 9.77. The maximum Gasteiger partial charge on any atom is 0.338 e. The molecule has 0 fully saturated rings. The minimum Gasteiger partial charge on any atom is -0.491 e. The molecule has 1 atom stereocenters. The van der Waals surface area contributed by atoms with Crippen LogP contribution in [0.1, 0.15) is 27.0 Å². The van der Waals surface area contributed by atoms with Gasteiger partial charge in [-0.3, -0.25) is 4.79 Å². The van der Waals surface area contributed by atoms with E-state index in [4.69, 9.17) is 18.9 Å². The zero-order chi connectivity index (χ0) is 21.9. The van der Waals surface area contributed by atoms with Crippen molar-refractivity contribution in [2.45, 2.75) is 12.0 Å². The summed E-state index contributed by atoms with van der Waals surface area (Å²) in [5, 5.41) is 0. The van der Waals surface area contributed by atoms with Gasteiger partial charge >= 0.3 is 5.97 Å². The van der Waals surface area contributed by atoms with Gasteiger partial charge < -0.3 is 23.8 Å². The Bertz CT molecular complexity index is 1290. The van der Waals surface area contributed by atoms with Gasteiger partial charge in [0.1, 0.15) is 17.8 Å². The van der Waals surface area contributed by atoms with Gasteiger partial charge in [-0.05, 0) is 29.3 Å². The van der Waals surface area contributed by atoms with Crippen molar-refractivity contribution in [3.05, 3.63) is 82.9 Å². The van der Waals surface area contributed by atoms with Crippen LogP contribution in [0.25, 0.3) is 0 Å². The molecule has 0 saturated heterocycles. The molecule has 3 aromatic carbocycles. The summed E-state index contributed by atoms with van der Waals surface area (Å²) in [7, 11) is 1.35. The van der Waals surface area contributed by atoms with Crippen molar-refractivity contribution in [1.82, 2.24) is 0 Å². The standard InChI is InChI=1S/C25H19NO6/c1-29-23(27)16-7-3-2-6-15(16)12-26-19-9-5-4-8-17(19)25(24(26)28)13-30-20-11-22-21(10-18(20)25)31-14-32-22/h2-11H,12-14H2,1H3. The van der Waals surface area contributed by atoms with Gasteiger partial charge in [0, 0.05) is 17.3 Å². The van der Waals surface area contributed by atoms with E-state index in [1.165, 1.54) is 7.11 Å². The number of ether oxygens (including phenoxy) is 4. The number of benzene rings is 3. The van der Waals surface area contributed by atoms with Gasteiger partial charge in [0.05, 0.1) is 19.2 Å². The van der Waals surface area contributed by atoms with E-state index in [1.807, 2.05) is 42.5 Å². The second kappa shape index (κ2) is 6.75. The Labute approximate surface area is 184 Å². The summed E-state index contributed by atoms with van der Waals surface area (Å²) in [5.41, 5.74) is 2.61. The summed E-state index contributed by atoms with van der Waals surface area (Å²) < 4.78 is 22.0. The molecule has 0 radical (unpaired) electrons. The van der Waals surface area contributed by atoms with Crippen molar-refractivity contribution in [3.8, 4) is 17.2 Å². The SMILES string of the molecule is COC(=O)c1ccccc1CN1C(=O)C2(COc3cc4c(cc32)OCO4)c2ccccc21. The fourth-order valence-corrected chi connectivity index (χ4v) is 4.86. The number of hydrogen-bond donors (Lipinski definition) is 0. The largest absolute Gasteiger partial charge is 0.491 e. The lowest BCUT2D eigenvalue weighted by Gasteiger charge is -2.23. The summed E-state index contributed by atoms with van der Waals surface area (Å²) in [6, 6.07) is 18.5. The average Bonchev–Trinajstić information content (AvgIpc) is 3.50. The van der Waals surface area contributed by atoms with Crippen molar-refractivity contribution in [1.29, 1.82) is 0 Å². The third-order valence-electron chi connectivity index (χ3n) is 6.39. The number of nitrogens with zero attached hydrogens (tertiary/aromatic N) is 1. The fourth-order valence-electron chi connectivity index (χ4n) is 4.86. The summed E-state index contributed by atoms with van der Waals surface area (Å²) in [4.78, 5) is 28.1. The quantitative estimate of drug-likeness (QED) is 0.594. The van der Waals surface area contributed by atoms with Crippen LogP contribution in [0.3, 0.4) is 0 Å². The van der Waals surface area contributed by atoms with Gasteiger partial charge in [-0.25, -0.2) is 4.79 Å². The molecule has 3 aliphatic heterocycles. The van der Waals surface area contributed by atoms with E-state index in [2.05, 4.69) is 0 Å². The second-order valence-electron chi connectivity index (χ2n) is 7.95. The topological polar surface area (TPSA) is 74.3 Å². The minimum absolute atomic E-state index is 0.101. The van der Waals surface area contributed by atoms with Crippen LogP contribution in [-0.4, -0.2) is 32.4 Å². The summed E-state index contributed by atoms with van der Waals surface area (Å²) in [6.45, 7) is 0.575. The number of carbonyl (C=O) groups excluding carboxylic acids is 2. The normalized spacial score (nSPS) is 19.7. The number of methoxy groups -OCH3 is 1. The molecule has 32 heavy (non-hydrogen) atoms. The van der Waals surface area contributed by atoms with Crippen molar-refractivity contribution in [3.63, 3.8) is 0 Å². The number of rotatable bonds is 3. The number of anilines is 1. The molecule has 0 bridgehead atoms. The molecular formula is C25H19NO6. The molecule has 0 saturated carbocycles. The van der Waals surface area contributed by atoms with Gasteiger partial charge in [-0.1, -0.05) is 36.4 Å². The minimum atomic E-state index is -0.979. The molecule has 6 rings (SSSR count). The number of esters is 1. The lowest BCUT2D eigenvalue weighted by Crippen LogP contribution is -2.42. The van der Waals surface area contributed by atoms with Gasteiger partial charge in [-0.15, -0.1) is 0 Å². The predicted octanol–water partition coefficient (Wildman–Crippen LogP) is 3.43. The van der Waals surface area contributed by atoms with Crippen LogP contribution >= 0.6 is 0 Å². The van der Waals surface area contributed by atoms with E-state index in [0.29, 0.717) is 28.4 Å². The zero-order valence-electron chi connectivity index (χ0n) is 17.3. The van der Waals surface area contributed by atoms with Crippen molar-refractivity contribution in [2.24, 2.45) is 0 Å². The second-order valence-corrected chi connectivity index (χ2v) is 7.95. The van der Waals surface area contributed by atoms with E-state index in [9.17, 15) is 9.59 Å². The molecule has 3 aliphatic rings. The first kappa shape index (κ1) is 18.7. The summed E-state index contributed by atoms with van der Waals surface area (Å²) in [6.07, 6.45) is 0. The van der Waals surface area contributed by atoms with Crippen LogP contribution in [0.15, 0.2) is 60.7 Å². The molecule has 0 N–H and O–H groups in total. The third kappa shape index (κ3) is 2.42. The summed E-state index contributed by atoms with van der Waals surface area (Å²) >= 11 is 0. The molecule has 1 spiro atoms. The highest BCUT2D eigenvalue weighted by atomic mass is 16.7. The molecule has 3 heterocycles. The lowest BCUT2D eigenvalue weighted by molar-refractivity contribution is -0.122. The number of hydrogen-bond acceptors (Lipinski definition) is 6. The van der Waals surface area contributed by atoms with E-state index in [-0.39, 0.29) is 25.9 Å². The molecule has 1 amide bonds. The Hall–Kier alpha value is -4.00. The molecule has 7 nitrogen and oxygen atoms in total. The Morgan fingerprint density at radius 3 is 2.56 bits per heavy atom. The molecular weight excluding hydrogens is 410 g/mol. The van der Waals surface area contributed by atoms with Crippen molar-refractivity contribution < 1.29 is 28.5 Å². The first-order valence-corrected chi connectivity index (χ1v) is 10.3. The Morgan fingerprint density at radius 2 is 1.72 bits per heavy atom. The highest BCUT2D eigenvalue weighted by Crippen LogP contribution is 2.55. The number of carbonyl (C=O) groups is 2. The molecule has 160 valence electrons. The molecule has 7 heteroatoms. The number of para-hydroxylation sites is 1. The van der Waals surface area contributed by atoms with Crippen LogP contribution in [0, 0.1) is 0 Å². The van der Waals surface area contributed by atoms with Gasteiger partial charge in [0.2, 0.25) is 12.7 Å². The maximum atomic E-state index is 14.1. The van der Waals surface area contributed by atoms with E-state index in [1.54, 1.807) is 23.1 Å². The highest BCUT2D eigenvalue weighted by molar-refractivity contribution is 6.11. The van der Waals surface area contributed by atoms with Crippen molar-refractivity contribution >= 4 is 17.6 Å². The first-order valence-electron chi connectivity index (χ1n) is 10.3. The van der Waals surface area contributed by atoms with Gasteiger partial charge in [-0.2, -0.15) is 0 Å². The van der Waals surface area contributed by atoms with Crippen LogP contribution < -0.4 is 19.1 Å². The Balaban J connectivity index is 1.48. The third-order valence-corrected chi connectivity index (χ3v) is 6.39. The first-order chi connectivity index (χ1) is 15.6. The van der Waals surface area contributed by atoms with E-state index >= 15 is 0 Å². The number of amides is 1. The number of fused-ring (bicyclic) bond motifs is 5. The smallest absolute Gasteiger partial charge is 0.338 e. The van der Waals surface area contributed by atoms with E-state index < -0.39 is 11.4 Å². The zero-order valence-corrected chi connectivity index (χ0v) is 17.3. The predicted molar refractivity (Wildman–Crippen MR) is 114 cm³/mol. The van der Waals surface area contributed by atoms with Crippen LogP contribution in [0.5, 0.6) is 17.2 Å².